The van der Waals surface area contributed by atoms with Crippen molar-refractivity contribution in [3.05, 3.63) is 0 Å². The molecule has 0 saturated heterocycles. The molecule has 14 heavy (non-hydrogen) atoms. The van der Waals surface area contributed by atoms with E-state index in [1.807, 2.05) is 13.8 Å². The van der Waals surface area contributed by atoms with Crippen LogP contribution in [-0.2, 0) is 4.79 Å². The second kappa shape index (κ2) is 3.71. The van der Waals surface area contributed by atoms with E-state index >= 15 is 0 Å². The third kappa shape index (κ3) is 1.68. The lowest BCUT2D eigenvalue weighted by Crippen LogP contribution is -2.52. The highest BCUT2D eigenvalue weighted by Crippen LogP contribution is 2.24. The van der Waals surface area contributed by atoms with Crippen LogP contribution >= 0.6 is 0 Å². The largest absolute Gasteiger partial charge is 0.346 e. The molecule has 2 rings (SSSR count). The monoisotopic (exact) mass is 194 g/mol. The summed E-state index contributed by atoms with van der Waals surface area (Å²) in [6.45, 7) is 4.06. The Labute approximate surface area is 85.0 Å². The Kier molecular flexibility index (Phi) is 2.57. The van der Waals surface area contributed by atoms with E-state index in [2.05, 4.69) is 10.3 Å². The van der Waals surface area contributed by atoms with Gasteiger partial charge < -0.3 is 5.32 Å². The first-order valence-electron chi connectivity index (χ1n) is 5.57. The molecule has 1 aliphatic carbocycles. The number of hydrogen-bond donors (Lipinski definition) is 1. The van der Waals surface area contributed by atoms with Gasteiger partial charge in [-0.1, -0.05) is 26.7 Å². The Morgan fingerprint density at radius 2 is 2.07 bits per heavy atom. The Morgan fingerprint density at radius 3 is 2.79 bits per heavy atom. The summed E-state index contributed by atoms with van der Waals surface area (Å²) < 4.78 is 0. The van der Waals surface area contributed by atoms with Crippen LogP contribution in [-0.4, -0.2) is 23.7 Å². The van der Waals surface area contributed by atoms with Crippen molar-refractivity contribution >= 4 is 11.6 Å². The highest BCUT2D eigenvalue weighted by molar-refractivity contribution is 6.40. The van der Waals surface area contributed by atoms with Gasteiger partial charge in [-0.25, -0.2) is 0 Å². The minimum atomic E-state index is 0.0585. The number of carbonyl (C=O) groups excluding carboxylic acids is 1. The van der Waals surface area contributed by atoms with Gasteiger partial charge in [0.25, 0.3) is 5.91 Å². The predicted molar refractivity (Wildman–Crippen MR) is 56.5 cm³/mol. The predicted octanol–water partition coefficient (Wildman–Crippen LogP) is 1.52. The van der Waals surface area contributed by atoms with Crippen molar-refractivity contribution < 1.29 is 4.79 Å². The maximum absolute atomic E-state index is 11.6. The number of nitrogens with one attached hydrogen (secondary N) is 1. The zero-order valence-corrected chi connectivity index (χ0v) is 8.92. The van der Waals surface area contributed by atoms with Crippen molar-refractivity contribution in [1.29, 1.82) is 0 Å². The molecule has 3 nitrogen and oxygen atoms in total. The van der Waals surface area contributed by atoms with Crippen LogP contribution in [0.15, 0.2) is 4.99 Å². The minimum absolute atomic E-state index is 0.0585. The van der Waals surface area contributed by atoms with E-state index in [-0.39, 0.29) is 11.8 Å². The van der Waals surface area contributed by atoms with Gasteiger partial charge in [0.15, 0.2) is 0 Å². The topological polar surface area (TPSA) is 41.5 Å². The minimum Gasteiger partial charge on any atom is -0.346 e. The number of rotatable bonds is 1. The van der Waals surface area contributed by atoms with E-state index in [0.29, 0.717) is 12.1 Å². The fourth-order valence-electron chi connectivity index (χ4n) is 2.33. The number of amides is 1. The van der Waals surface area contributed by atoms with E-state index in [0.717, 1.165) is 18.6 Å². The average Bonchev–Trinajstić information content (AvgIpc) is 2.16. The van der Waals surface area contributed by atoms with Crippen LogP contribution in [0.3, 0.4) is 0 Å². The maximum atomic E-state index is 11.6. The molecule has 0 aromatic rings. The van der Waals surface area contributed by atoms with E-state index in [1.165, 1.54) is 12.8 Å². The van der Waals surface area contributed by atoms with Crippen molar-refractivity contribution in [2.75, 3.05) is 0 Å². The van der Waals surface area contributed by atoms with Gasteiger partial charge in [-0.15, -0.1) is 0 Å². The Bertz CT molecular complexity index is 270. The molecule has 0 aromatic heterocycles. The maximum Gasteiger partial charge on any atom is 0.265 e. The summed E-state index contributed by atoms with van der Waals surface area (Å²) in [6, 6.07) is 0.678. The van der Waals surface area contributed by atoms with E-state index < -0.39 is 0 Å². The molecule has 2 aliphatic rings. The quantitative estimate of drug-likeness (QED) is 0.675. The smallest absolute Gasteiger partial charge is 0.265 e. The van der Waals surface area contributed by atoms with Crippen molar-refractivity contribution in [3.8, 4) is 0 Å². The summed E-state index contributed by atoms with van der Waals surface area (Å²) >= 11 is 0. The molecular formula is C11H18N2O. The Morgan fingerprint density at radius 1 is 1.36 bits per heavy atom. The van der Waals surface area contributed by atoms with Crippen LogP contribution in [0.4, 0.5) is 0 Å². The average molecular weight is 194 g/mol. The molecule has 0 aromatic carbocycles. The highest BCUT2D eigenvalue weighted by atomic mass is 16.2. The van der Waals surface area contributed by atoms with Crippen molar-refractivity contribution in [1.82, 2.24) is 5.32 Å². The van der Waals surface area contributed by atoms with Crippen LogP contribution in [0.1, 0.15) is 39.5 Å². The van der Waals surface area contributed by atoms with E-state index in [4.69, 9.17) is 0 Å². The molecule has 1 heterocycles. The van der Waals surface area contributed by atoms with Crippen LogP contribution < -0.4 is 5.32 Å². The number of nitrogens with zero attached hydrogens (tertiary/aromatic N) is 1. The normalized spacial score (nSPS) is 32.2. The second-order valence-electron chi connectivity index (χ2n) is 4.60. The highest BCUT2D eigenvalue weighted by Gasteiger charge is 2.32. The Hall–Kier alpha value is -0.860. The van der Waals surface area contributed by atoms with Gasteiger partial charge in [0.2, 0.25) is 0 Å². The standard InChI is InChI=1S/C11H18N2O/c1-7(2)10-11(14)13-9-6-4-3-5-8(9)12-10/h7-9H,3-6H2,1-2H3,(H,13,14)/t8-,9-/m1/s1. The number of carbonyl (C=O) groups is 1. The number of fused-ring (bicyclic) bond motifs is 1. The van der Waals surface area contributed by atoms with E-state index in [9.17, 15) is 4.79 Å². The van der Waals surface area contributed by atoms with Gasteiger partial charge in [-0.2, -0.15) is 0 Å². The SMILES string of the molecule is CC(C)C1=N[C@@H]2CCCC[C@H]2NC1=O. The molecular weight excluding hydrogens is 176 g/mol. The second-order valence-corrected chi connectivity index (χ2v) is 4.60. The molecule has 2 atom stereocenters. The molecule has 78 valence electrons. The molecule has 0 radical (unpaired) electrons. The molecule has 1 saturated carbocycles. The molecule has 1 amide bonds. The molecule has 1 N–H and O–H groups in total. The summed E-state index contributed by atoms with van der Waals surface area (Å²) in [5.74, 6) is 0.307. The van der Waals surface area contributed by atoms with Crippen molar-refractivity contribution in [3.63, 3.8) is 0 Å². The van der Waals surface area contributed by atoms with Crippen LogP contribution in [0.2, 0.25) is 0 Å². The summed E-state index contributed by atoms with van der Waals surface area (Å²) in [5.41, 5.74) is 0.744. The van der Waals surface area contributed by atoms with Crippen LogP contribution in [0.5, 0.6) is 0 Å². The Balaban J connectivity index is 2.19. The third-order valence-corrected chi connectivity index (χ3v) is 3.13. The van der Waals surface area contributed by atoms with Gasteiger partial charge in [-0.05, 0) is 12.8 Å². The van der Waals surface area contributed by atoms with Crippen molar-refractivity contribution in [2.45, 2.75) is 51.6 Å². The molecule has 0 unspecified atom stereocenters. The number of aliphatic imine (C=N–C) groups is 1. The van der Waals surface area contributed by atoms with Crippen molar-refractivity contribution in [2.24, 2.45) is 10.9 Å². The zero-order valence-electron chi connectivity index (χ0n) is 8.92. The van der Waals surface area contributed by atoms with Gasteiger partial charge in [0.05, 0.1) is 12.1 Å². The first-order chi connectivity index (χ1) is 6.68. The van der Waals surface area contributed by atoms with Crippen LogP contribution in [0, 0.1) is 5.92 Å². The van der Waals surface area contributed by atoms with Gasteiger partial charge >= 0.3 is 0 Å². The summed E-state index contributed by atoms with van der Waals surface area (Å²) in [7, 11) is 0. The van der Waals surface area contributed by atoms with Gasteiger partial charge in [0.1, 0.15) is 5.71 Å². The first-order valence-corrected chi connectivity index (χ1v) is 5.57. The zero-order chi connectivity index (χ0) is 10.1. The lowest BCUT2D eigenvalue weighted by atomic mass is 9.88. The summed E-state index contributed by atoms with van der Waals surface area (Å²) in [6.07, 6.45) is 4.73. The van der Waals surface area contributed by atoms with Gasteiger partial charge in [-0.3, -0.25) is 9.79 Å². The molecule has 0 spiro atoms. The first kappa shape index (κ1) is 9.69. The van der Waals surface area contributed by atoms with Gasteiger partial charge in [0, 0.05) is 5.92 Å². The third-order valence-electron chi connectivity index (χ3n) is 3.13. The lowest BCUT2D eigenvalue weighted by Gasteiger charge is -2.34. The summed E-state index contributed by atoms with van der Waals surface area (Å²) in [5, 5.41) is 3.08. The fraction of sp³-hybridized carbons (Fsp3) is 0.818. The van der Waals surface area contributed by atoms with Crippen LogP contribution in [0.25, 0.3) is 0 Å². The lowest BCUT2D eigenvalue weighted by molar-refractivity contribution is -0.116. The summed E-state index contributed by atoms with van der Waals surface area (Å²) in [4.78, 5) is 16.2. The number of hydrogen-bond acceptors (Lipinski definition) is 2. The molecule has 3 heteroatoms. The van der Waals surface area contributed by atoms with E-state index in [1.54, 1.807) is 0 Å². The molecule has 0 bridgehead atoms. The molecule has 1 fully saturated rings. The molecule has 1 aliphatic heterocycles. The fourth-order valence-corrected chi connectivity index (χ4v) is 2.33.